The molecule has 0 aliphatic rings. The summed E-state index contributed by atoms with van der Waals surface area (Å²) in [7, 11) is 0. The summed E-state index contributed by atoms with van der Waals surface area (Å²) >= 11 is 0. The largest absolute Gasteiger partial charge is 0.508 e. The lowest BCUT2D eigenvalue weighted by molar-refractivity contribution is 0.0622. The van der Waals surface area contributed by atoms with E-state index in [1.165, 1.54) is 0 Å². The zero-order valence-corrected chi connectivity index (χ0v) is 12.5. The van der Waals surface area contributed by atoms with E-state index in [4.69, 9.17) is 4.74 Å². The van der Waals surface area contributed by atoms with E-state index in [1.807, 2.05) is 43.3 Å². The third kappa shape index (κ3) is 4.23. The number of hydrogen-bond donors (Lipinski definition) is 2. The predicted octanol–water partition coefficient (Wildman–Crippen LogP) is 3.85. The van der Waals surface area contributed by atoms with Gasteiger partial charge in [0.25, 0.3) is 0 Å². The third-order valence-corrected chi connectivity index (χ3v) is 3.78. The molecule has 2 atom stereocenters. The molecule has 0 saturated heterocycles. The average Bonchev–Trinajstić information content (AvgIpc) is 2.53. The molecule has 2 aromatic rings. The summed E-state index contributed by atoms with van der Waals surface area (Å²) in [5.74, 6) is 1.25. The number of benzene rings is 2. The molecule has 0 bridgehead atoms. The molecule has 0 aromatic heterocycles. The van der Waals surface area contributed by atoms with Gasteiger partial charge in [0.05, 0.1) is 6.10 Å². The normalized spacial score (nSPS) is 13.7. The minimum absolute atomic E-state index is 0.237. The van der Waals surface area contributed by atoms with Crippen LogP contribution in [0.2, 0.25) is 0 Å². The van der Waals surface area contributed by atoms with E-state index in [-0.39, 0.29) is 11.7 Å². The van der Waals surface area contributed by atoms with Gasteiger partial charge in [-0.2, -0.15) is 0 Å². The summed E-state index contributed by atoms with van der Waals surface area (Å²) in [6.45, 7) is 4.38. The second-order valence-electron chi connectivity index (χ2n) is 5.34. The zero-order chi connectivity index (χ0) is 15.2. The Bertz CT molecular complexity index is 546. The Morgan fingerprint density at radius 3 is 2.00 bits per heavy atom. The van der Waals surface area contributed by atoms with Crippen molar-refractivity contribution in [2.75, 3.05) is 6.61 Å². The van der Waals surface area contributed by atoms with Crippen molar-refractivity contribution < 1.29 is 14.9 Å². The van der Waals surface area contributed by atoms with Crippen LogP contribution >= 0.6 is 0 Å². The third-order valence-electron chi connectivity index (χ3n) is 3.78. The molecule has 2 aromatic carbocycles. The fourth-order valence-electron chi connectivity index (χ4n) is 2.02. The molecule has 0 spiro atoms. The average molecular weight is 286 g/mol. The van der Waals surface area contributed by atoms with Crippen molar-refractivity contribution in [1.29, 1.82) is 0 Å². The lowest BCUT2D eigenvalue weighted by Gasteiger charge is -2.17. The van der Waals surface area contributed by atoms with E-state index in [2.05, 4.69) is 6.92 Å². The van der Waals surface area contributed by atoms with Crippen LogP contribution < -0.4 is 4.74 Å². The molecular weight excluding hydrogens is 264 g/mol. The summed E-state index contributed by atoms with van der Waals surface area (Å²) in [6, 6.07) is 14.8. The number of phenols is 1. The van der Waals surface area contributed by atoms with Gasteiger partial charge in [-0.15, -0.1) is 0 Å². The minimum Gasteiger partial charge on any atom is -0.508 e. The van der Waals surface area contributed by atoms with Crippen molar-refractivity contribution in [2.24, 2.45) is 5.92 Å². The summed E-state index contributed by atoms with van der Waals surface area (Å²) in [5.41, 5.74) is 2.10. The molecule has 112 valence electrons. The van der Waals surface area contributed by atoms with E-state index in [0.29, 0.717) is 6.61 Å². The van der Waals surface area contributed by atoms with Crippen molar-refractivity contribution in [3.8, 4) is 22.6 Å². The van der Waals surface area contributed by atoms with Crippen LogP contribution in [0.4, 0.5) is 0 Å². The summed E-state index contributed by atoms with van der Waals surface area (Å²) in [5, 5.41) is 19.2. The number of phenolic OH excluding ortho intramolecular Hbond substituents is 1. The van der Waals surface area contributed by atoms with Gasteiger partial charge in [-0.3, -0.25) is 0 Å². The van der Waals surface area contributed by atoms with Crippen molar-refractivity contribution in [2.45, 2.75) is 26.4 Å². The summed E-state index contributed by atoms with van der Waals surface area (Å²) < 4.78 is 5.61. The van der Waals surface area contributed by atoms with Gasteiger partial charge < -0.3 is 14.9 Å². The number of aromatic hydroxyl groups is 1. The molecule has 0 saturated carbocycles. The maximum atomic E-state index is 9.89. The van der Waals surface area contributed by atoms with Crippen molar-refractivity contribution >= 4 is 0 Å². The standard InChI is InChI=1S/C18H22O3/c1-3-13(2)18(20)12-21-17-10-6-15(7-11-17)14-4-8-16(19)9-5-14/h4-11,13,18-20H,3,12H2,1-2H3. The zero-order valence-electron chi connectivity index (χ0n) is 12.5. The van der Waals surface area contributed by atoms with Crippen LogP contribution in [0.1, 0.15) is 20.3 Å². The van der Waals surface area contributed by atoms with E-state index in [1.54, 1.807) is 12.1 Å². The molecule has 0 heterocycles. The van der Waals surface area contributed by atoms with Crippen LogP contribution in [0.15, 0.2) is 48.5 Å². The van der Waals surface area contributed by atoms with Gasteiger partial charge in [0.1, 0.15) is 18.1 Å². The molecule has 0 aliphatic heterocycles. The lowest BCUT2D eigenvalue weighted by atomic mass is 10.0. The van der Waals surface area contributed by atoms with Crippen LogP contribution in [-0.4, -0.2) is 22.9 Å². The molecule has 0 amide bonds. The van der Waals surface area contributed by atoms with Crippen LogP contribution in [0, 0.1) is 5.92 Å². The molecule has 2 N–H and O–H groups in total. The SMILES string of the molecule is CCC(C)C(O)COc1ccc(-c2ccc(O)cc2)cc1. The number of ether oxygens (including phenoxy) is 1. The molecule has 3 nitrogen and oxygen atoms in total. The first-order valence-corrected chi connectivity index (χ1v) is 7.30. The van der Waals surface area contributed by atoms with Crippen molar-refractivity contribution in [3.05, 3.63) is 48.5 Å². The highest BCUT2D eigenvalue weighted by Crippen LogP contribution is 2.24. The monoisotopic (exact) mass is 286 g/mol. The van der Waals surface area contributed by atoms with E-state index in [0.717, 1.165) is 23.3 Å². The van der Waals surface area contributed by atoms with E-state index < -0.39 is 6.10 Å². The van der Waals surface area contributed by atoms with Crippen LogP contribution in [0.25, 0.3) is 11.1 Å². The van der Waals surface area contributed by atoms with Gasteiger partial charge in [0.2, 0.25) is 0 Å². The fourth-order valence-corrected chi connectivity index (χ4v) is 2.02. The van der Waals surface area contributed by atoms with Gasteiger partial charge >= 0.3 is 0 Å². The van der Waals surface area contributed by atoms with Crippen molar-refractivity contribution in [1.82, 2.24) is 0 Å². The Balaban J connectivity index is 1.97. The van der Waals surface area contributed by atoms with Crippen molar-refractivity contribution in [3.63, 3.8) is 0 Å². The molecule has 0 radical (unpaired) electrons. The van der Waals surface area contributed by atoms with Crippen LogP contribution in [-0.2, 0) is 0 Å². The molecule has 21 heavy (non-hydrogen) atoms. The summed E-state index contributed by atoms with van der Waals surface area (Å²) in [4.78, 5) is 0. The van der Waals surface area contributed by atoms with Gasteiger partial charge in [0, 0.05) is 0 Å². The Labute approximate surface area is 125 Å². The van der Waals surface area contributed by atoms with E-state index in [9.17, 15) is 10.2 Å². The quantitative estimate of drug-likeness (QED) is 0.848. The molecule has 2 rings (SSSR count). The number of rotatable bonds is 6. The topological polar surface area (TPSA) is 49.7 Å². The fraction of sp³-hybridized carbons (Fsp3) is 0.333. The first kappa shape index (κ1) is 15.4. The highest BCUT2D eigenvalue weighted by atomic mass is 16.5. The maximum absolute atomic E-state index is 9.89. The molecule has 2 unspecified atom stereocenters. The van der Waals surface area contributed by atoms with E-state index >= 15 is 0 Å². The molecule has 0 aliphatic carbocycles. The van der Waals surface area contributed by atoms with Crippen LogP contribution in [0.5, 0.6) is 11.5 Å². The number of aliphatic hydroxyl groups is 1. The molecular formula is C18H22O3. The Morgan fingerprint density at radius 1 is 0.952 bits per heavy atom. The van der Waals surface area contributed by atoms with Gasteiger partial charge in [-0.1, -0.05) is 44.5 Å². The maximum Gasteiger partial charge on any atom is 0.119 e. The highest BCUT2D eigenvalue weighted by molar-refractivity contribution is 5.64. The predicted molar refractivity (Wildman–Crippen MR) is 84.5 cm³/mol. The second kappa shape index (κ2) is 7.14. The Kier molecular flexibility index (Phi) is 5.23. The Hall–Kier alpha value is -2.00. The van der Waals surface area contributed by atoms with Gasteiger partial charge in [-0.05, 0) is 41.3 Å². The lowest BCUT2D eigenvalue weighted by Crippen LogP contribution is -2.24. The van der Waals surface area contributed by atoms with Gasteiger partial charge in [0.15, 0.2) is 0 Å². The smallest absolute Gasteiger partial charge is 0.119 e. The molecule has 3 heteroatoms. The Morgan fingerprint density at radius 2 is 1.48 bits per heavy atom. The highest BCUT2D eigenvalue weighted by Gasteiger charge is 2.12. The number of aliphatic hydroxyl groups excluding tert-OH is 1. The first-order valence-electron chi connectivity index (χ1n) is 7.30. The number of hydrogen-bond acceptors (Lipinski definition) is 3. The van der Waals surface area contributed by atoms with Crippen LogP contribution in [0.3, 0.4) is 0 Å². The second-order valence-corrected chi connectivity index (χ2v) is 5.34. The van der Waals surface area contributed by atoms with Gasteiger partial charge in [-0.25, -0.2) is 0 Å². The first-order chi connectivity index (χ1) is 10.1. The summed E-state index contributed by atoms with van der Waals surface area (Å²) in [6.07, 6.45) is 0.497. The molecule has 0 fully saturated rings. The minimum atomic E-state index is -0.438.